The van der Waals surface area contributed by atoms with E-state index in [-0.39, 0.29) is 12.2 Å². The summed E-state index contributed by atoms with van der Waals surface area (Å²) in [5, 5.41) is 1.22. The van der Waals surface area contributed by atoms with E-state index >= 15 is 0 Å². The van der Waals surface area contributed by atoms with Crippen LogP contribution in [0.25, 0.3) is 21.9 Å². The van der Waals surface area contributed by atoms with Crippen molar-refractivity contribution in [2.45, 2.75) is 52.2 Å². The molecule has 3 heterocycles. The summed E-state index contributed by atoms with van der Waals surface area (Å²) in [6, 6.07) is 11.7. The number of hydrogen-bond donors (Lipinski definition) is 0. The molecule has 168 valence electrons. The van der Waals surface area contributed by atoms with Gasteiger partial charge in [0.1, 0.15) is 18.0 Å². The first-order valence-corrected chi connectivity index (χ1v) is 11.2. The lowest BCUT2D eigenvalue weighted by molar-refractivity contribution is 0.0474. The van der Waals surface area contributed by atoms with Gasteiger partial charge in [-0.25, -0.2) is 14.6 Å². The van der Waals surface area contributed by atoms with Gasteiger partial charge in [0.05, 0.1) is 16.5 Å². The van der Waals surface area contributed by atoms with Gasteiger partial charge in [-0.1, -0.05) is 25.0 Å². The average Bonchev–Trinajstić information content (AvgIpc) is 2.77. The Hall–Kier alpha value is -3.74. The molecular weight excluding hydrogens is 420 g/mol. The molecule has 0 N–H and O–H groups in total. The molecule has 0 radical (unpaired) electrons. The molecule has 0 aliphatic carbocycles. The largest absolute Gasteiger partial charge is 0.457 e. The van der Waals surface area contributed by atoms with Crippen LogP contribution in [0.5, 0.6) is 0 Å². The van der Waals surface area contributed by atoms with Gasteiger partial charge in [-0.2, -0.15) is 0 Å². The molecule has 0 saturated carbocycles. The van der Waals surface area contributed by atoms with E-state index < -0.39 is 11.6 Å². The van der Waals surface area contributed by atoms with Crippen molar-refractivity contribution in [3.63, 3.8) is 0 Å². The van der Waals surface area contributed by atoms with E-state index in [1.165, 1.54) is 6.07 Å². The fourth-order valence-corrected chi connectivity index (χ4v) is 4.41. The molecule has 0 atom stereocenters. The number of nitrogens with zero attached hydrogens (tertiary/aromatic N) is 2. The molecule has 0 spiro atoms. The smallest absolute Gasteiger partial charge is 0.338 e. The van der Waals surface area contributed by atoms with Crippen LogP contribution in [0.1, 0.15) is 53.0 Å². The van der Waals surface area contributed by atoms with E-state index in [0.717, 1.165) is 48.9 Å². The highest BCUT2D eigenvalue weighted by Gasteiger charge is 2.16. The third kappa shape index (κ3) is 4.18. The molecule has 33 heavy (non-hydrogen) atoms. The van der Waals surface area contributed by atoms with Crippen molar-refractivity contribution in [2.24, 2.45) is 0 Å². The number of rotatable bonds is 3. The zero-order chi connectivity index (χ0) is 22.9. The second-order valence-corrected chi connectivity index (χ2v) is 8.55. The second-order valence-electron chi connectivity index (χ2n) is 8.55. The minimum Gasteiger partial charge on any atom is -0.457 e. The Morgan fingerprint density at radius 1 is 1.03 bits per heavy atom. The molecular formula is C26H24N2O5. The van der Waals surface area contributed by atoms with Crippen LogP contribution in [0.15, 0.2) is 56.5 Å². The zero-order valence-electron chi connectivity index (χ0n) is 18.4. The summed E-state index contributed by atoms with van der Waals surface area (Å²) in [5.41, 5.74) is 2.26. The second kappa shape index (κ2) is 8.65. The highest BCUT2D eigenvalue weighted by Crippen LogP contribution is 2.21. The minimum absolute atomic E-state index is 0.0606. The lowest BCUT2D eigenvalue weighted by atomic mass is 10.1. The van der Waals surface area contributed by atoms with Gasteiger partial charge >= 0.3 is 11.6 Å². The number of hydrogen-bond acceptors (Lipinski definition) is 6. The van der Waals surface area contributed by atoms with Gasteiger partial charge in [0.25, 0.3) is 5.56 Å². The van der Waals surface area contributed by atoms with Gasteiger partial charge in [-0.3, -0.25) is 9.36 Å². The number of carbonyl (C=O) groups is 1. The summed E-state index contributed by atoms with van der Waals surface area (Å²) in [6.45, 7) is 2.52. The van der Waals surface area contributed by atoms with Gasteiger partial charge in [0.15, 0.2) is 0 Å². The third-order valence-corrected chi connectivity index (χ3v) is 6.15. The summed E-state index contributed by atoms with van der Waals surface area (Å²) >= 11 is 0. The van der Waals surface area contributed by atoms with Crippen molar-refractivity contribution in [1.82, 2.24) is 9.55 Å². The first kappa shape index (κ1) is 21.1. The van der Waals surface area contributed by atoms with Crippen molar-refractivity contribution in [3.8, 4) is 0 Å². The lowest BCUT2D eigenvalue weighted by Gasteiger charge is -2.16. The number of benzene rings is 2. The number of carbonyl (C=O) groups excluding carboxylic acids is 1. The number of aromatic nitrogens is 2. The highest BCUT2D eigenvalue weighted by atomic mass is 16.5. The summed E-state index contributed by atoms with van der Waals surface area (Å²) in [7, 11) is 0. The minimum atomic E-state index is -0.543. The van der Waals surface area contributed by atoms with Crippen LogP contribution in [0, 0.1) is 6.92 Å². The molecule has 2 aromatic heterocycles. The molecule has 0 amide bonds. The lowest BCUT2D eigenvalue weighted by Crippen LogP contribution is -2.26. The topological polar surface area (TPSA) is 91.4 Å². The Morgan fingerprint density at radius 3 is 2.73 bits per heavy atom. The highest BCUT2D eigenvalue weighted by molar-refractivity contribution is 5.94. The van der Waals surface area contributed by atoms with Crippen LogP contribution >= 0.6 is 0 Å². The monoisotopic (exact) mass is 444 g/mol. The van der Waals surface area contributed by atoms with Crippen LogP contribution in [0.2, 0.25) is 0 Å². The fourth-order valence-electron chi connectivity index (χ4n) is 4.41. The van der Waals surface area contributed by atoms with Crippen LogP contribution in [0.3, 0.4) is 0 Å². The van der Waals surface area contributed by atoms with Crippen LogP contribution in [0.4, 0.5) is 0 Å². The predicted octanol–water partition coefficient (Wildman–Crippen LogP) is 4.28. The van der Waals surface area contributed by atoms with E-state index in [2.05, 4.69) is 0 Å². The molecule has 7 heteroatoms. The molecule has 1 aliphatic rings. The van der Waals surface area contributed by atoms with E-state index in [1.54, 1.807) is 28.8 Å². The van der Waals surface area contributed by atoms with Crippen LogP contribution < -0.4 is 11.2 Å². The van der Waals surface area contributed by atoms with Gasteiger partial charge in [0, 0.05) is 30.0 Å². The molecule has 2 aromatic carbocycles. The van der Waals surface area contributed by atoms with Gasteiger partial charge in [-0.05, 0) is 49.6 Å². The molecule has 0 fully saturated rings. The van der Waals surface area contributed by atoms with Crippen LogP contribution in [-0.4, -0.2) is 15.5 Å². The van der Waals surface area contributed by atoms with E-state index in [0.29, 0.717) is 34.2 Å². The molecule has 0 bridgehead atoms. The Bertz CT molecular complexity index is 1500. The van der Waals surface area contributed by atoms with Gasteiger partial charge in [0.2, 0.25) is 0 Å². The molecule has 0 unspecified atom stereocenters. The third-order valence-electron chi connectivity index (χ3n) is 6.15. The number of fused-ring (bicyclic) bond motifs is 3. The Labute approximate surface area is 189 Å². The first-order valence-electron chi connectivity index (χ1n) is 11.2. The van der Waals surface area contributed by atoms with Crippen molar-refractivity contribution >= 4 is 27.8 Å². The number of ether oxygens (including phenoxy) is 1. The Kier molecular flexibility index (Phi) is 5.54. The molecule has 7 nitrogen and oxygen atoms in total. The molecule has 5 rings (SSSR count). The molecule has 1 aliphatic heterocycles. The first-order chi connectivity index (χ1) is 16.0. The van der Waals surface area contributed by atoms with E-state index in [4.69, 9.17) is 14.1 Å². The van der Waals surface area contributed by atoms with Crippen molar-refractivity contribution in [3.05, 3.63) is 85.8 Å². The Morgan fingerprint density at radius 2 is 1.85 bits per heavy atom. The fraction of sp³-hybridized carbons (Fsp3) is 0.308. The van der Waals surface area contributed by atoms with Crippen molar-refractivity contribution in [1.29, 1.82) is 0 Å². The maximum Gasteiger partial charge on any atom is 0.338 e. The standard InChI is InChI=1S/C26H24N2O5/c1-16-7-9-19-18(14-24(29)33-22(19)12-16)15-32-26(31)17-8-10-20-21(13-17)27-23-6-4-2-3-5-11-28(23)25(20)30/h7-10,12-14H,2-6,11,15H2,1H3. The maximum absolute atomic E-state index is 13.0. The Balaban J connectivity index is 1.43. The van der Waals surface area contributed by atoms with Gasteiger partial charge in [-0.15, -0.1) is 0 Å². The predicted molar refractivity (Wildman–Crippen MR) is 125 cm³/mol. The summed E-state index contributed by atoms with van der Waals surface area (Å²) in [6.07, 6.45) is 4.97. The average molecular weight is 444 g/mol. The zero-order valence-corrected chi connectivity index (χ0v) is 18.4. The van der Waals surface area contributed by atoms with E-state index in [9.17, 15) is 14.4 Å². The SMILES string of the molecule is Cc1ccc2c(COC(=O)c3ccc4c(=O)n5c(nc4c3)CCCCCC5)cc(=O)oc2c1. The normalized spacial score (nSPS) is 14.0. The summed E-state index contributed by atoms with van der Waals surface area (Å²) in [4.78, 5) is 42.4. The van der Waals surface area contributed by atoms with E-state index in [1.807, 2.05) is 19.1 Å². The quantitative estimate of drug-likeness (QED) is 0.346. The van der Waals surface area contributed by atoms with Gasteiger partial charge < -0.3 is 9.15 Å². The summed E-state index contributed by atoms with van der Waals surface area (Å²) in [5.74, 6) is 0.231. The maximum atomic E-state index is 13.0. The van der Waals surface area contributed by atoms with Crippen molar-refractivity contribution in [2.75, 3.05) is 0 Å². The molecule has 0 saturated heterocycles. The number of esters is 1. The molecule has 4 aromatic rings. The van der Waals surface area contributed by atoms with Crippen molar-refractivity contribution < 1.29 is 13.9 Å². The summed E-state index contributed by atoms with van der Waals surface area (Å²) < 4.78 is 12.5. The van der Waals surface area contributed by atoms with Crippen LogP contribution in [-0.2, 0) is 24.3 Å². The number of aryl methyl sites for hydroxylation is 2.